The summed E-state index contributed by atoms with van der Waals surface area (Å²) >= 11 is 0. The molecule has 0 spiro atoms. The quantitative estimate of drug-likeness (QED) is 0.691. The van der Waals surface area contributed by atoms with E-state index in [2.05, 4.69) is 0 Å². The molecule has 6 nitrogen and oxygen atoms in total. The van der Waals surface area contributed by atoms with Crippen LogP contribution in [0.5, 0.6) is 23.0 Å². The van der Waals surface area contributed by atoms with E-state index >= 15 is 0 Å². The Morgan fingerprint density at radius 3 is 2.22 bits per heavy atom. The zero-order chi connectivity index (χ0) is 19.4. The summed E-state index contributed by atoms with van der Waals surface area (Å²) < 4.78 is 27.8. The molecule has 0 radical (unpaired) electrons. The molecular weight excluding hydrogens is 348 g/mol. The highest BCUT2D eigenvalue weighted by atomic mass is 16.5. The van der Waals surface area contributed by atoms with Gasteiger partial charge in [0, 0.05) is 11.1 Å². The van der Waals surface area contributed by atoms with Gasteiger partial charge >= 0.3 is 5.97 Å². The summed E-state index contributed by atoms with van der Waals surface area (Å²) in [4.78, 5) is 12.2. The van der Waals surface area contributed by atoms with E-state index in [1.165, 1.54) is 0 Å². The predicted octanol–water partition coefficient (Wildman–Crippen LogP) is 3.69. The molecule has 0 amide bonds. The Hall–Kier alpha value is -2.89. The Bertz CT molecular complexity index is 830. The van der Waals surface area contributed by atoms with Gasteiger partial charge in [-0.25, -0.2) is 0 Å². The van der Waals surface area contributed by atoms with Gasteiger partial charge in [0.25, 0.3) is 0 Å². The highest BCUT2D eigenvalue weighted by Gasteiger charge is 2.30. The average Bonchev–Trinajstić information content (AvgIpc) is 2.68. The van der Waals surface area contributed by atoms with Crippen LogP contribution < -0.4 is 18.9 Å². The minimum Gasteiger partial charge on any atom is -0.493 e. The van der Waals surface area contributed by atoms with Crippen LogP contribution in [0.1, 0.15) is 36.6 Å². The Balaban J connectivity index is 2.09. The number of esters is 1. The van der Waals surface area contributed by atoms with Crippen molar-refractivity contribution in [3.8, 4) is 23.0 Å². The fourth-order valence-corrected chi connectivity index (χ4v) is 3.21. The maximum absolute atomic E-state index is 12.2. The van der Waals surface area contributed by atoms with E-state index in [-0.39, 0.29) is 12.4 Å². The van der Waals surface area contributed by atoms with Gasteiger partial charge < -0.3 is 23.7 Å². The van der Waals surface area contributed by atoms with Crippen molar-refractivity contribution in [1.29, 1.82) is 0 Å². The lowest BCUT2D eigenvalue weighted by Crippen LogP contribution is -2.22. The van der Waals surface area contributed by atoms with E-state index in [1.54, 1.807) is 20.3 Å². The molecule has 0 N–H and O–H groups in total. The third-order valence-corrected chi connectivity index (χ3v) is 4.38. The highest BCUT2D eigenvalue weighted by Crippen LogP contribution is 2.42. The molecular formula is C21H24O6. The minimum absolute atomic E-state index is 0.200. The van der Waals surface area contributed by atoms with Gasteiger partial charge in [-0.05, 0) is 43.7 Å². The van der Waals surface area contributed by atoms with Gasteiger partial charge in [0.05, 0.1) is 33.9 Å². The Morgan fingerprint density at radius 2 is 1.59 bits per heavy atom. The lowest BCUT2D eigenvalue weighted by Gasteiger charge is -2.28. The number of methoxy groups -OCH3 is 2. The minimum atomic E-state index is -0.545. The van der Waals surface area contributed by atoms with Crippen molar-refractivity contribution in [1.82, 2.24) is 0 Å². The zero-order valence-corrected chi connectivity index (χ0v) is 16.0. The van der Waals surface area contributed by atoms with Gasteiger partial charge in [-0.2, -0.15) is 0 Å². The van der Waals surface area contributed by atoms with Crippen LogP contribution in [0, 0.1) is 0 Å². The van der Waals surface area contributed by atoms with Crippen LogP contribution in [0.3, 0.4) is 0 Å². The molecule has 2 aromatic rings. The smallest absolute Gasteiger partial charge is 0.311 e. The molecule has 3 rings (SSSR count). The van der Waals surface area contributed by atoms with Crippen LogP contribution in [0.15, 0.2) is 30.3 Å². The molecule has 1 aliphatic rings. The fourth-order valence-electron chi connectivity index (χ4n) is 3.21. The molecule has 1 aliphatic heterocycles. The van der Waals surface area contributed by atoms with E-state index in [0.29, 0.717) is 36.2 Å². The van der Waals surface area contributed by atoms with Crippen LogP contribution >= 0.6 is 0 Å². The molecule has 2 aromatic carbocycles. The number of hydrogen-bond acceptors (Lipinski definition) is 6. The van der Waals surface area contributed by atoms with Gasteiger partial charge in [-0.15, -0.1) is 0 Å². The number of ether oxygens (including phenoxy) is 5. The summed E-state index contributed by atoms with van der Waals surface area (Å²) in [5.41, 5.74) is 2.56. The summed E-state index contributed by atoms with van der Waals surface area (Å²) in [6.07, 6.45) is -0.345. The maximum Gasteiger partial charge on any atom is 0.311 e. The van der Waals surface area contributed by atoms with Crippen LogP contribution in [0.4, 0.5) is 0 Å². The maximum atomic E-state index is 12.2. The largest absolute Gasteiger partial charge is 0.493 e. The summed E-state index contributed by atoms with van der Waals surface area (Å²) in [5, 5.41) is 0. The van der Waals surface area contributed by atoms with Crippen molar-refractivity contribution in [3.05, 3.63) is 47.0 Å². The second-order valence-corrected chi connectivity index (χ2v) is 6.02. The fraction of sp³-hybridized carbons (Fsp3) is 0.381. The first-order chi connectivity index (χ1) is 13.1. The number of hydrogen-bond donors (Lipinski definition) is 0. The normalized spacial score (nSPS) is 15.6. The molecule has 0 fully saturated rings. The molecule has 144 valence electrons. The van der Waals surface area contributed by atoms with Crippen molar-refractivity contribution >= 4 is 5.97 Å². The number of rotatable bonds is 7. The van der Waals surface area contributed by atoms with Crippen molar-refractivity contribution in [2.45, 2.75) is 26.4 Å². The third kappa shape index (κ3) is 3.79. The van der Waals surface area contributed by atoms with Gasteiger partial charge in [-0.1, -0.05) is 6.07 Å². The first kappa shape index (κ1) is 18.9. The average molecular weight is 372 g/mol. The Labute approximate surface area is 158 Å². The number of carbonyl (C=O) groups excluding carboxylic acids is 1. The molecule has 0 aliphatic carbocycles. The SMILES string of the molecule is CCOc1cc2c(cc1OCC)C(c1ccc(OC)c(OC)c1)OC(=O)C2. The van der Waals surface area contributed by atoms with E-state index in [0.717, 1.165) is 16.7 Å². The zero-order valence-electron chi connectivity index (χ0n) is 16.0. The van der Waals surface area contributed by atoms with Crippen molar-refractivity contribution in [2.24, 2.45) is 0 Å². The van der Waals surface area contributed by atoms with E-state index in [4.69, 9.17) is 23.7 Å². The number of carbonyl (C=O) groups is 1. The molecule has 1 unspecified atom stereocenters. The Kier molecular flexibility index (Phi) is 5.74. The van der Waals surface area contributed by atoms with Crippen LogP contribution in [0.25, 0.3) is 0 Å². The topological polar surface area (TPSA) is 63.2 Å². The third-order valence-electron chi connectivity index (χ3n) is 4.38. The summed E-state index contributed by atoms with van der Waals surface area (Å²) in [5.74, 6) is 2.19. The van der Waals surface area contributed by atoms with Gasteiger partial charge in [-0.3, -0.25) is 4.79 Å². The van der Waals surface area contributed by atoms with Crippen LogP contribution in [-0.4, -0.2) is 33.4 Å². The predicted molar refractivity (Wildman–Crippen MR) is 100.0 cm³/mol. The molecule has 0 saturated carbocycles. The Morgan fingerprint density at radius 1 is 0.926 bits per heavy atom. The van der Waals surface area contributed by atoms with E-state index < -0.39 is 6.10 Å². The number of cyclic esters (lactones) is 1. The highest BCUT2D eigenvalue weighted by molar-refractivity contribution is 5.77. The molecule has 0 bridgehead atoms. The number of fused-ring (bicyclic) bond motifs is 1. The number of benzene rings is 2. The second-order valence-electron chi connectivity index (χ2n) is 6.02. The van der Waals surface area contributed by atoms with Crippen molar-refractivity contribution in [2.75, 3.05) is 27.4 Å². The monoisotopic (exact) mass is 372 g/mol. The summed E-state index contributed by atoms with van der Waals surface area (Å²) in [7, 11) is 3.15. The molecule has 1 heterocycles. The standard InChI is InChI=1S/C21H24O6/c1-5-25-18-10-14-11-20(22)27-21(15(14)12-19(18)26-6-2)13-7-8-16(23-3)17(9-13)24-4/h7-10,12,21H,5-6,11H2,1-4H3. The summed E-state index contributed by atoms with van der Waals surface area (Å²) in [6.45, 7) is 4.86. The van der Waals surface area contributed by atoms with Crippen molar-refractivity contribution in [3.63, 3.8) is 0 Å². The molecule has 27 heavy (non-hydrogen) atoms. The lowest BCUT2D eigenvalue weighted by atomic mass is 9.92. The van der Waals surface area contributed by atoms with Gasteiger partial charge in [0.2, 0.25) is 0 Å². The molecule has 1 atom stereocenters. The van der Waals surface area contributed by atoms with Crippen LogP contribution in [0.2, 0.25) is 0 Å². The van der Waals surface area contributed by atoms with Gasteiger partial charge in [0.15, 0.2) is 29.1 Å². The second kappa shape index (κ2) is 8.20. The van der Waals surface area contributed by atoms with Gasteiger partial charge in [0.1, 0.15) is 0 Å². The molecule has 0 aromatic heterocycles. The first-order valence-corrected chi connectivity index (χ1v) is 8.95. The van der Waals surface area contributed by atoms with E-state index in [9.17, 15) is 4.79 Å². The molecule has 6 heteroatoms. The summed E-state index contributed by atoms with van der Waals surface area (Å²) in [6, 6.07) is 9.26. The lowest BCUT2D eigenvalue weighted by molar-refractivity contribution is -0.148. The van der Waals surface area contributed by atoms with E-state index in [1.807, 2.05) is 38.1 Å². The van der Waals surface area contributed by atoms with Crippen molar-refractivity contribution < 1.29 is 28.5 Å². The molecule has 0 saturated heterocycles. The first-order valence-electron chi connectivity index (χ1n) is 8.95. The van der Waals surface area contributed by atoms with Crippen LogP contribution in [-0.2, 0) is 16.0 Å².